The summed E-state index contributed by atoms with van der Waals surface area (Å²) >= 11 is 6.11. The van der Waals surface area contributed by atoms with Gasteiger partial charge in [-0.2, -0.15) is 0 Å². The van der Waals surface area contributed by atoms with Crippen LogP contribution in [-0.2, 0) is 11.1 Å². The number of aromatic nitrogens is 1. The van der Waals surface area contributed by atoms with Gasteiger partial charge < -0.3 is 19.9 Å². The number of ether oxygens (including phenoxy) is 2. The molecular formula is C37H38ClFN2O5. The molecule has 0 bridgehead atoms. The number of ketones is 2. The molecule has 0 aliphatic heterocycles. The van der Waals surface area contributed by atoms with Crippen LogP contribution < -0.4 is 14.8 Å². The molecule has 1 aromatic heterocycles. The van der Waals surface area contributed by atoms with E-state index in [-0.39, 0.29) is 42.1 Å². The minimum atomic E-state index is -1.51. The number of aliphatic hydroxyl groups is 1. The summed E-state index contributed by atoms with van der Waals surface area (Å²) in [6.45, 7) is 5.54. The topological polar surface area (TPSA) is 97.8 Å². The maximum Gasteiger partial charge on any atom is 0.176 e. The quantitative estimate of drug-likeness (QED) is 0.136. The lowest BCUT2D eigenvalue weighted by molar-refractivity contribution is 0.0396. The molecule has 5 rings (SSSR count). The number of nitrogens with one attached hydrogen (secondary N) is 1. The van der Waals surface area contributed by atoms with Gasteiger partial charge in [-0.15, -0.1) is 0 Å². The van der Waals surface area contributed by atoms with Crippen LogP contribution in [0.5, 0.6) is 11.5 Å². The Bertz CT molecular complexity index is 1740. The summed E-state index contributed by atoms with van der Waals surface area (Å²) < 4.78 is 25.4. The van der Waals surface area contributed by atoms with Crippen LogP contribution in [0.3, 0.4) is 0 Å². The molecule has 9 heteroatoms. The zero-order chi connectivity index (χ0) is 33.1. The number of hydrogen-bond acceptors (Lipinski definition) is 7. The fraction of sp³-hybridized carbons (Fsp3) is 0.324. The van der Waals surface area contributed by atoms with E-state index in [1.807, 2.05) is 38.1 Å². The van der Waals surface area contributed by atoms with Gasteiger partial charge in [-0.1, -0.05) is 41.9 Å². The maximum atomic E-state index is 14.0. The van der Waals surface area contributed by atoms with E-state index in [0.717, 1.165) is 18.4 Å². The molecular weight excluding hydrogens is 607 g/mol. The van der Waals surface area contributed by atoms with Crippen molar-refractivity contribution >= 4 is 23.2 Å². The van der Waals surface area contributed by atoms with Crippen LogP contribution in [0.1, 0.15) is 78.4 Å². The molecule has 1 saturated carbocycles. The fourth-order valence-corrected chi connectivity index (χ4v) is 5.21. The Hall–Kier alpha value is -4.11. The largest absolute Gasteiger partial charge is 0.493 e. The standard InChI is InChI=1S/C37H38ClFN2O5/c1-36(2,40-22-32(43)23-8-6-5-7-9-23)26-20-30(24-10-14-29(39)28(38)18-24)41-35(21-26)37(3,44)17-16-31(42)25-11-15-33(34(19-25)45-4)46-27-12-13-27/h5-11,14-15,18-21,27,40,44H,12-13,16-17,22H2,1-4H3. The number of methoxy groups -OCH3 is 1. The van der Waals surface area contributed by atoms with Crippen molar-refractivity contribution in [2.24, 2.45) is 0 Å². The van der Waals surface area contributed by atoms with Crippen LogP contribution in [0, 0.1) is 5.82 Å². The average molecular weight is 645 g/mol. The van der Waals surface area contributed by atoms with Crippen molar-refractivity contribution in [3.63, 3.8) is 0 Å². The van der Waals surface area contributed by atoms with Crippen LogP contribution in [0.2, 0.25) is 5.02 Å². The number of pyridine rings is 1. The second kappa shape index (κ2) is 13.7. The molecule has 1 unspecified atom stereocenters. The molecule has 0 saturated heterocycles. The molecule has 1 heterocycles. The van der Waals surface area contributed by atoms with E-state index in [2.05, 4.69) is 5.32 Å². The molecule has 1 aliphatic rings. The third-order valence-electron chi connectivity index (χ3n) is 8.24. The second-order valence-corrected chi connectivity index (χ2v) is 12.8. The van der Waals surface area contributed by atoms with Gasteiger partial charge in [0.05, 0.1) is 36.2 Å². The number of Topliss-reactive ketones (excluding diaryl/α,β-unsaturated/α-hetero) is 2. The maximum absolute atomic E-state index is 14.0. The zero-order valence-corrected chi connectivity index (χ0v) is 27.2. The third kappa shape index (κ3) is 7.99. The zero-order valence-electron chi connectivity index (χ0n) is 26.4. The Balaban J connectivity index is 1.40. The van der Waals surface area contributed by atoms with Gasteiger partial charge in [0.2, 0.25) is 0 Å². The number of rotatable bonds is 14. The molecule has 240 valence electrons. The average Bonchev–Trinajstić information content (AvgIpc) is 3.88. The first kappa shape index (κ1) is 33.3. The van der Waals surface area contributed by atoms with Crippen LogP contribution in [-0.4, -0.2) is 41.4 Å². The molecule has 3 aromatic carbocycles. The van der Waals surface area contributed by atoms with E-state index in [1.165, 1.54) is 19.2 Å². The third-order valence-corrected chi connectivity index (χ3v) is 8.53. The van der Waals surface area contributed by atoms with Gasteiger partial charge in [-0.25, -0.2) is 9.37 Å². The molecule has 7 nitrogen and oxygen atoms in total. The molecule has 4 aromatic rings. The smallest absolute Gasteiger partial charge is 0.176 e. The van der Waals surface area contributed by atoms with Crippen LogP contribution in [0.25, 0.3) is 11.3 Å². The number of benzene rings is 3. The molecule has 0 radical (unpaired) electrons. The summed E-state index contributed by atoms with van der Waals surface area (Å²) in [7, 11) is 1.53. The first-order valence-corrected chi connectivity index (χ1v) is 15.7. The van der Waals surface area contributed by atoms with Gasteiger partial charge in [0, 0.05) is 28.7 Å². The predicted octanol–water partition coefficient (Wildman–Crippen LogP) is 7.67. The molecule has 0 spiro atoms. The number of nitrogens with zero attached hydrogens (tertiary/aromatic N) is 1. The number of carbonyl (C=O) groups is 2. The van der Waals surface area contributed by atoms with E-state index in [0.29, 0.717) is 39.6 Å². The van der Waals surface area contributed by atoms with Crippen LogP contribution in [0.4, 0.5) is 4.39 Å². The van der Waals surface area contributed by atoms with Crippen molar-refractivity contribution in [3.8, 4) is 22.8 Å². The fourth-order valence-electron chi connectivity index (χ4n) is 5.03. The molecule has 1 fully saturated rings. The summed E-state index contributed by atoms with van der Waals surface area (Å²) in [6, 6.07) is 22.0. The Morgan fingerprint density at radius 3 is 2.37 bits per heavy atom. The van der Waals surface area contributed by atoms with Crippen LogP contribution >= 0.6 is 11.6 Å². The lowest BCUT2D eigenvalue weighted by atomic mass is 9.87. The Kier molecular flexibility index (Phi) is 9.91. The molecule has 46 heavy (non-hydrogen) atoms. The minimum Gasteiger partial charge on any atom is -0.493 e. The van der Waals surface area contributed by atoms with Gasteiger partial charge in [0.1, 0.15) is 11.4 Å². The van der Waals surface area contributed by atoms with Crippen LogP contribution in [0.15, 0.2) is 78.9 Å². The number of hydrogen-bond donors (Lipinski definition) is 2. The highest BCUT2D eigenvalue weighted by Gasteiger charge is 2.31. The van der Waals surface area contributed by atoms with Crippen molar-refractivity contribution in [2.75, 3.05) is 13.7 Å². The normalized spacial score (nSPS) is 14.4. The SMILES string of the molecule is COc1cc(C(=O)CCC(C)(O)c2cc(C(C)(C)NCC(=O)c3ccccc3)cc(-c3ccc(F)c(Cl)c3)n2)ccc1OC1CC1. The Morgan fingerprint density at radius 1 is 0.957 bits per heavy atom. The number of halogens is 2. The highest BCUT2D eigenvalue weighted by Crippen LogP contribution is 2.36. The lowest BCUT2D eigenvalue weighted by Gasteiger charge is -2.30. The highest BCUT2D eigenvalue weighted by molar-refractivity contribution is 6.31. The van der Waals surface area contributed by atoms with E-state index in [4.69, 9.17) is 26.1 Å². The molecule has 1 aliphatic carbocycles. The van der Waals surface area contributed by atoms with Crippen molar-refractivity contribution in [1.82, 2.24) is 10.3 Å². The van der Waals surface area contributed by atoms with Gasteiger partial charge in [-0.05, 0) is 94.1 Å². The molecule has 0 amide bonds. The first-order valence-electron chi connectivity index (χ1n) is 15.3. The van der Waals surface area contributed by atoms with E-state index < -0.39 is 17.0 Å². The minimum absolute atomic E-state index is 0.0375. The van der Waals surface area contributed by atoms with Gasteiger partial charge in [-0.3, -0.25) is 9.59 Å². The van der Waals surface area contributed by atoms with Crippen molar-refractivity contribution in [3.05, 3.63) is 112 Å². The van der Waals surface area contributed by atoms with Gasteiger partial charge in [0.25, 0.3) is 0 Å². The number of carbonyl (C=O) groups excluding carboxylic acids is 2. The van der Waals surface area contributed by atoms with E-state index in [9.17, 15) is 19.1 Å². The molecule has 1 atom stereocenters. The van der Waals surface area contributed by atoms with Crippen molar-refractivity contribution in [2.45, 2.75) is 63.7 Å². The Labute approximate surface area is 273 Å². The molecule has 2 N–H and O–H groups in total. The predicted molar refractivity (Wildman–Crippen MR) is 176 cm³/mol. The summed E-state index contributed by atoms with van der Waals surface area (Å²) in [6.07, 6.45) is 2.31. The van der Waals surface area contributed by atoms with E-state index >= 15 is 0 Å². The summed E-state index contributed by atoms with van der Waals surface area (Å²) in [5.74, 6) is 0.298. The first-order chi connectivity index (χ1) is 21.9. The second-order valence-electron chi connectivity index (χ2n) is 12.4. The summed E-state index contributed by atoms with van der Waals surface area (Å²) in [4.78, 5) is 30.9. The lowest BCUT2D eigenvalue weighted by Crippen LogP contribution is -2.40. The summed E-state index contributed by atoms with van der Waals surface area (Å²) in [5.41, 5.74) is 0.858. The van der Waals surface area contributed by atoms with E-state index in [1.54, 1.807) is 49.4 Å². The Morgan fingerprint density at radius 2 is 1.70 bits per heavy atom. The highest BCUT2D eigenvalue weighted by atomic mass is 35.5. The van der Waals surface area contributed by atoms with Gasteiger partial charge >= 0.3 is 0 Å². The monoisotopic (exact) mass is 644 g/mol. The van der Waals surface area contributed by atoms with Gasteiger partial charge in [0.15, 0.2) is 23.1 Å². The van der Waals surface area contributed by atoms with Crippen molar-refractivity contribution < 1.29 is 28.6 Å². The summed E-state index contributed by atoms with van der Waals surface area (Å²) in [5, 5.41) is 15.0. The van der Waals surface area contributed by atoms with Crippen molar-refractivity contribution in [1.29, 1.82) is 0 Å².